The number of rotatable bonds is 10. The third-order valence-corrected chi connectivity index (χ3v) is 3.17. The number of carbonyl (C=O) groups is 2. The minimum atomic E-state index is -1.10. The molecular weight excluding hydrogens is 292 g/mol. The van der Waals surface area contributed by atoms with Gasteiger partial charge in [-0.1, -0.05) is 0 Å². The predicted molar refractivity (Wildman–Crippen MR) is 82.8 cm³/mol. The predicted octanol–water partition coefficient (Wildman–Crippen LogP) is -0.132. The van der Waals surface area contributed by atoms with Crippen LogP contribution in [-0.2, 0) is 9.59 Å². The van der Waals surface area contributed by atoms with Gasteiger partial charge in [0.05, 0.1) is 0 Å². The van der Waals surface area contributed by atoms with Gasteiger partial charge < -0.3 is 20.6 Å². The zero-order valence-electron chi connectivity index (χ0n) is 12.5. The molecule has 0 saturated carbocycles. The van der Waals surface area contributed by atoms with Crippen LogP contribution in [0.15, 0.2) is 11.8 Å². The SMILES string of the molecule is CSCCC(NC(=O)/C(C#N)=C\NCCN(C)C)C(=O)O. The standard InChI is InChI=1S/C13H22N4O3S/c1-17(2)6-5-15-9-10(8-14)12(18)16-11(13(19)20)4-7-21-3/h9,11,15H,4-7H2,1-3H3,(H,16,18)(H,19,20)/b10-9-. The molecule has 1 amide bonds. The Morgan fingerprint density at radius 1 is 1.48 bits per heavy atom. The first-order valence-corrected chi connectivity index (χ1v) is 7.82. The highest BCUT2D eigenvalue weighted by molar-refractivity contribution is 7.98. The smallest absolute Gasteiger partial charge is 0.326 e. The third kappa shape index (κ3) is 8.94. The summed E-state index contributed by atoms with van der Waals surface area (Å²) in [5.41, 5.74) is -0.135. The average molecular weight is 314 g/mol. The van der Waals surface area contributed by atoms with Crippen molar-refractivity contribution >= 4 is 23.6 Å². The molecule has 0 heterocycles. The average Bonchev–Trinajstić information content (AvgIpc) is 2.42. The van der Waals surface area contributed by atoms with Crippen molar-refractivity contribution in [1.82, 2.24) is 15.5 Å². The molecular formula is C13H22N4O3S. The molecule has 7 nitrogen and oxygen atoms in total. The number of carbonyl (C=O) groups excluding carboxylic acids is 1. The van der Waals surface area contributed by atoms with Crippen LogP contribution in [0.3, 0.4) is 0 Å². The van der Waals surface area contributed by atoms with Crippen LogP contribution >= 0.6 is 11.8 Å². The van der Waals surface area contributed by atoms with Crippen molar-refractivity contribution in [3.05, 3.63) is 11.8 Å². The Hall–Kier alpha value is -1.72. The zero-order chi connectivity index (χ0) is 16.3. The van der Waals surface area contributed by atoms with Crippen LogP contribution < -0.4 is 10.6 Å². The highest BCUT2D eigenvalue weighted by Gasteiger charge is 2.21. The van der Waals surface area contributed by atoms with E-state index in [1.54, 1.807) is 6.07 Å². The summed E-state index contributed by atoms with van der Waals surface area (Å²) in [6.45, 7) is 1.34. The van der Waals surface area contributed by atoms with E-state index in [9.17, 15) is 9.59 Å². The molecule has 1 unspecified atom stereocenters. The molecule has 118 valence electrons. The van der Waals surface area contributed by atoms with Crippen molar-refractivity contribution in [2.24, 2.45) is 0 Å². The van der Waals surface area contributed by atoms with Crippen LogP contribution in [0, 0.1) is 11.3 Å². The van der Waals surface area contributed by atoms with Gasteiger partial charge in [0.2, 0.25) is 0 Å². The van der Waals surface area contributed by atoms with Gasteiger partial charge >= 0.3 is 5.97 Å². The molecule has 0 bridgehead atoms. The van der Waals surface area contributed by atoms with Crippen molar-refractivity contribution in [1.29, 1.82) is 5.26 Å². The molecule has 0 spiro atoms. The number of nitrogens with one attached hydrogen (secondary N) is 2. The van der Waals surface area contributed by atoms with Gasteiger partial charge in [-0.15, -0.1) is 0 Å². The summed E-state index contributed by atoms with van der Waals surface area (Å²) >= 11 is 1.50. The fourth-order valence-electron chi connectivity index (χ4n) is 1.34. The maximum Gasteiger partial charge on any atom is 0.326 e. The number of aliphatic carboxylic acids is 1. The van der Waals surface area contributed by atoms with Crippen LogP contribution in [0.5, 0.6) is 0 Å². The van der Waals surface area contributed by atoms with Crippen LogP contribution in [0.1, 0.15) is 6.42 Å². The highest BCUT2D eigenvalue weighted by atomic mass is 32.2. The number of hydrogen-bond donors (Lipinski definition) is 3. The molecule has 21 heavy (non-hydrogen) atoms. The zero-order valence-corrected chi connectivity index (χ0v) is 13.4. The number of nitrogens with zero attached hydrogens (tertiary/aromatic N) is 2. The largest absolute Gasteiger partial charge is 0.480 e. The first kappa shape index (κ1) is 19.3. The summed E-state index contributed by atoms with van der Waals surface area (Å²) in [4.78, 5) is 24.9. The van der Waals surface area contributed by atoms with Gasteiger partial charge in [0.1, 0.15) is 17.7 Å². The van der Waals surface area contributed by atoms with Gasteiger partial charge in [0.25, 0.3) is 5.91 Å². The van der Waals surface area contributed by atoms with Crippen molar-refractivity contribution in [2.75, 3.05) is 39.2 Å². The molecule has 8 heteroatoms. The molecule has 0 radical (unpaired) electrons. The van der Waals surface area contributed by atoms with Crippen LogP contribution in [0.2, 0.25) is 0 Å². The fraction of sp³-hybridized carbons (Fsp3) is 0.615. The molecule has 0 aromatic carbocycles. The summed E-state index contributed by atoms with van der Waals surface area (Å²) in [6, 6.07) is 0.782. The van der Waals surface area contributed by atoms with Crippen LogP contribution in [-0.4, -0.2) is 67.1 Å². The first-order valence-electron chi connectivity index (χ1n) is 6.43. The number of thioether (sulfide) groups is 1. The lowest BCUT2D eigenvalue weighted by Crippen LogP contribution is -2.42. The summed E-state index contributed by atoms with van der Waals surface area (Å²) in [6.07, 6.45) is 3.48. The molecule has 3 N–H and O–H groups in total. The molecule has 0 saturated heterocycles. The van der Waals surface area contributed by atoms with Crippen molar-refractivity contribution in [2.45, 2.75) is 12.5 Å². The van der Waals surface area contributed by atoms with Gasteiger partial charge in [-0.25, -0.2) is 4.79 Å². The minimum absolute atomic E-state index is 0.135. The second kappa shape index (κ2) is 11.0. The van der Waals surface area contributed by atoms with E-state index in [0.29, 0.717) is 18.7 Å². The van der Waals surface area contributed by atoms with Gasteiger partial charge in [0.15, 0.2) is 0 Å². The first-order chi connectivity index (χ1) is 9.92. The Morgan fingerprint density at radius 3 is 2.62 bits per heavy atom. The highest BCUT2D eigenvalue weighted by Crippen LogP contribution is 2.02. The number of hydrogen-bond acceptors (Lipinski definition) is 6. The van der Waals surface area contributed by atoms with Crippen molar-refractivity contribution in [3.63, 3.8) is 0 Å². The Kier molecular flexibility index (Phi) is 10.1. The van der Waals surface area contributed by atoms with Gasteiger partial charge in [-0.05, 0) is 32.5 Å². The molecule has 0 rings (SSSR count). The van der Waals surface area contributed by atoms with Gasteiger partial charge in [0, 0.05) is 19.3 Å². The topological polar surface area (TPSA) is 105 Å². The Morgan fingerprint density at radius 2 is 2.14 bits per heavy atom. The van der Waals surface area contributed by atoms with Gasteiger partial charge in [-0.3, -0.25) is 4.79 Å². The Bertz CT molecular complexity index is 418. The van der Waals surface area contributed by atoms with Crippen molar-refractivity contribution in [3.8, 4) is 6.07 Å². The maximum atomic E-state index is 11.9. The maximum absolute atomic E-state index is 11.9. The Labute approximate surface area is 129 Å². The number of carboxylic acid groups (broad SMARTS) is 1. The molecule has 0 aliphatic carbocycles. The van der Waals surface area contributed by atoms with Crippen LogP contribution in [0.4, 0.5) is 0 Å². The third-order valence-electron chi connectivity index (χ3n) is 2.53. The number of nitriles is 1. The van der Waals surface area contributed by atoms with Crippen LogP contribution in [0.25, 0.3) is 0 Å². The normalized spacial score (nSPS) is 12.6. The Balaban J connectivity index is 4.51. The lowest BCUT2D eigenvalue weighted by atomic mass is 10.2. The quantitative estimate of drug-likeness (QED) is 0.293. The lowest BCUT2D eigenvalue weighted by molar-refractivity contribution is -0.141. The number of likely N-dealkylation sites (N-methyl/N-ethyl adjacent to an activating group) is 1. The fourth-order valence-corrected chi connectivity index (χ4v) is 1.81. The minimum Gasteiger partial charge on any atom is -0.480 e. The number of amides is 1. The summed E-state index contributed by atoms with van der Waals surface area (Å²) in [5.74, 6) is -1.16. The molecule has 0 aromatic heterocycles. The van der Waals surface area contributed by atoms with E-state index in [1.807, 2.05) is 25.3 Å². The summed E-state index contributed by atoms with van der Waals surface area (Å²) in [5, 5.41) is 23.2. The molecule has 0 fully saturated rings. The lowest BCUT2D eigenvalue weighted by Gasteiger charge is -2.13. The number of carboxylic acids is 1. The van der Waals surface area contributed by atoms with E-state index in [4.69, 9.17) is 10.4 Å². The molecule has 0 aromatic rings. The van der Waals surface area contributed by atoms with E-state index >= 15 is 0 Å². The summed E-state index contributed by atoms with van der Waals surface area (Å²) in [7, 11) is 3.82. The van der Waals surface area contributed by atoms with Crippen molar-refractivity contribution < 1.29 is 14.7 Å². The van der Waals surface area contributed by atoms with E-state index in [-0.39, 0.29) is 5.57 Å². The van der Waals surface area contributed by atoms with E-state index in [2.05, 4.69) is 10.6 Å². The molecule has 0 aliphatic rings. The van der Waals surface area contributed by atoms with Gasteiger partial charge in [-0.2, -0.15) is 17.0 Å². The molecule has 0 aliphatic heterocycles. The summed E-state index contributed by atoms with van der Waals surface area (Å²) < 4.78 is 0. The van der Waals surface area contributed by atoms with E-state index < -0.39 is 17.9 Å². The van der Waals surface area contributed by atoms with E-state index in [1.165, 1.54) is 18.0 Å². The van der Waals surface area contributed by atoms with E-state index in [0.717, 1.165) is 6.54 Å². The monoisotopic (exact) mass is 314 g/mol. The second-order valence-corrected chi connectivity index (χ2v) is 5.56. The second-order valence-electron chi connectivity index (χ2n) is 4.57. The molecule has 1 atom stereocenters.